The summed E-state index contributed by atoms with van der Waals surface area (Å²) in [5.74, 6) is -1.05. The topological polar surface area (TPSA) is 188 Å². The van der Waals surface area contributed by atoms with Crippen LogP contribution in [0.1, 0.15) is 40.5 Å². The zero-order valence-electron chi connectivity index (χ0n) is 18.0. The molecule has 0 saturated carbocycles. The van der Waals surface area contributed by atoms with Crippen molar-refractivity contribution in [1.29, 1.82) is 0 Å². The molecule has 14 heteroatoms. The Hall–Kier alpha value is -4.10. The molecule has 0 aliphatic heterocycles. The van der Waals surface area contributed by atoms with Crippen molar-refractivity contribution in [2.45, 2.75) is 40.5 Å². The number of anilines is 2. The SMILES string of the molecule is CCOC(=O)C/C(C)=N/Nc1cc(N/N=C(\C)CC(=O)OCC)c([N+](=O)[O-])cc1[N+](=O)[O-]. The number of nitrogens with one attached hydrogen (secondary N) is 2. The maximum Gasteiger partial charge on any atom is 0.311 e. The van der Waals surface area contributed by atoms with E-state index in [1.807, 2.05) is 0 Å². The second-order valence-corrected chi connectivity index (χ2v) is 6.28. The summed E-state index contributed by atoms with van der Waals surface area (Å²) in [5, 5.41) is 30.6. The minimum absolute atomic E-state index is 0.149. The van der Waals surface area contributed by atoms with Crippen LogP contribution in [0.2, 0.25) is 0 Å². The lowest BCUT2D eigenvalue weighted by Crippen LogP contribution is -2.11. The predicted molar refractivity (Wildman–Crippen MR) is 116 cm³/mol. The first kappa shape index (κ1) is 25.9. The first-order valence-electron chi connectivity index (χ1n) is 9.45. The molecule has 0 amide bonds. The van der Waals surface area contributed by atoms with Crippen molar-refractivity contribution < 1.29 is 28.9 Å². The average Bonchev–Trinajstić information content (AvgIpc) is 2.70. The summed E-state index contributed by atoms with van der Waals surface area (Å²) in [6.07, 6.45) is -0.297. The first-order chi connectivity index (χ1) is 15.1. The fraction of sp³-hybridized carbons (Fsp3) is 0.444. The quantitative estimate of drug-likeness (QED) is 0.206. The molecule has 2 N–H and O–H groups in total. The summed E-state index contributed by atoms with van der Waals surface area (Å²) in [4.78, 5) is 44.2. The standard InChI is InChI=1S/C18H24N6O8/c1-5-31-17(25)7-11(3)19-21-13-9-14(16(24(29)30)10-15(13)23(27)28)22-20-12(4)8-18(26)32-6-2/h9-10,21-22H,5-8H2,1-4H3/b19-11+,20-12+. The Kier molecular flexibility index (Phi) is 10.2. The number of hydrogen-bond donors (Lipinski definition) is 2. The molecule has 0 unspecified atom stereocenters. The van der Waals surface area contributed by atoms with Crippen LogP contribution in [0.3, 0.4) is 0 Å². The molecule has 0 aliphatic carbocycles. The van der Waals surface area contributed by atoms with E-state index in [4.69, 9.17) is 9.47 Å². The third kappa shape index (κ3) is 8.33. The van der Waals surface area contributed by atoms with Gasteiger partial charge in [0.25, 0.3) is 0 Å². The second kappa shape index (κ2) is 12.6. The van der Waals surface area contributed by atoms with Gasteiger partial charge >= 0.3 is 23.3 Å². The van der Waals surface area contributed by atoms with E-state index in [1.54, 1.807) is 13.8 Å². The number of ether oxygens (including phenoxy) is 2. The number of rotatable bonds is 12. The number of nitrogens with zero attached hydrogens (tertiary/aromatic N) is 4. The smallest absolute Gasteiger partial charge is 0.311 e. The van der Waals surface area contributed by atoms with Crippen LogP contribution >= 0.6 is 0 Å². The second-order valence-electron chi connectivity index (χ2n) is 6.28. The molecule has 0 aromatic heterocycles. The Labute approximate surface area is 182 Å². The molecule has 0 bridgehead atoms. The maximum atomic E-state index is 11.5. The van der Waals surface area contributed by atoms with Gasteiger partial charge in [-0.05, 0) is 27.7 Å². The lowest BCUT2D eigenvalue weighted by Gasteiger charge is -2.09. The molecule has 0 atom stereocenters. The van der Waals surface area contributed by atoms with Gasteiger partial charge in [0.2, 0.25) is 0 Å². The highest BCUT2D eigenvalue weighted by atomic mass is 16.6. The summed E-state index contributed by atoms with van der Waals surface area (Å²) in [6.45, 7) is 6.69. The molecule has 0 radical (unpaired) electrons. The van der Waals surface area contributed by atoms with Crippen molar-refractivity contribution in [2.75, 3.05) is 24.1 Å². The molecule has 0 fully saturated rings. The number of benzene rings is 1. The van der Waals surface area contributed by atoms with Gasteiger partial charge in [-0.15, -0.1) is 0 Å². The molecule has 14 nitrogen and oxygen atoms in total. The van der Waals surface area contributed by atoms with E-state index in [2.05, 4.69) is 21.1 Å². The Morgan fingerprint density at radius 1 is 0.844 bits per heavy atom. The fourth-order valence-corrected chi connectivity index (χ4v) is 2.29. The highest BCUT2D eigenvalue weighted by molar-refractivity contribution is 5.98. The van der Waals surface area contributed by atoms with Crippen LogP contribution in [0.25, 0.3) is 0 Å². The van der Waals surface area contributed by atoms with E-state index in [9.17, 15) is 29.8 Å². The molecule has 1 rings (SSSR count). The Balaban J connectivity index is 3.22. The van der Waals surface area contributed by atoms with Crippen LogP contribution in [0.15, 0.2) is 22.3 Å². The minimum atomic E-state index is -0.815. The monoisotopic (exact) mass is 452 g/mol. The normalized spacial score (nSPS) is 11.5. The van der Waals surface area contributed by atoms with E-state index in [0.29, 0.717) is 0 Å². The fourth-order valence-electron chi connectivity index (χ4n) is 2.29. The molecule has 0 saturated heterocycles. The van der Waals surface area contributed by atoms with Gasteiger partial charge < -0.3 is 9.47 Å². The maximum absolute atomic E-state index is 11.5. The van der Waals surface area contributed by atoms with Gasteiger partial charge in [-0.3, -0.25) is 40.7 Å². The third-order valence-corrected chi connectivity index (χ3v) is 3.65. The number of esters is 2. The summed E-state index contributed by atoms with van der Waals surface area (Å²) < 4.78 is 9.59. The summed E-state index contributed by atoms with van der Waals surface area (Å²) >= 11 is 0. The van der Waals surface area contributed by atoms with Crippen molar-refractivity contribution in [2.24, 2.45) is 10.2 Å². The van der Waals surface area contributed by atoms with Crippen molar-refractivity contribution in [3.8, 4) is 0 Å². The molecule has 0 aliphatic rings. The van der Waals surface area contributed by atoms with E-state index >= 15 is 0 Å². The molecule has 0 heterocycles. The van der Waals surface area contributed by atoms with Gasteiger partial charge in [0.15, 0.2) is 0 Å². The summed E-state index contributed by atoms with van der Waals surface area (Å²) in [5.41, 5.74) is 3.85. The molecule has 0 spiro atoms. The van der Waals surface area contributed by atoms with E-state index in [0.717, 1.165) is 12.1 Å². The first-order valence-corrected chi connectivity index (χ1v) is 9.45. The number of hydrogen-bond acceptors (Lipinski definition) is 12. The van der Waals surface area contributed by atoms with Crippen LogP contribution in [-0.4, -0.2) is 46.4 Å². The highest BCUT2D eigenvalue weighted by Crippen LogP contribution is 2.36. The molecular weight excluding hydrogens is 428 g/mol. The zero-order chi connectivity index (χ0) is 24.3. The lowest BCUT2D eigenvalue weighted by atomic mass is 10.2. The van der Waals surface area contributed by atoms with Crippen LogP contribution < -0.4 is 10.9 Å². The van der Waals surface area contributed by atoms with Crippen LogP contribution in [0.5, 0.6) is 0 Å². The van der Waals surface area contributed by atoms with E-state index in [1.165, 1.54) is 13.8 Å². The number of nitro groups is 2. The summed E-state index contributed by atoms with van der Waals surface area (Å²) in [6, 6.07) is 1.83. The summed E-state index contributed by atoms with van der Waals surface area (Å²) in [7, 11) is 0. The molecule has 174 valence electrons. The molecule has 1 aromatic carbocycles. The number of carbonyl (C=O) groups excluding carboxylic acids is 2. The number of nitro benzene ring substituents is 2. The highest BCUT2D eigenvalue weighted by Gasteiger charge is 2.25. The van der Waals surface area contributed by atoms with Crippen LogP contribution in [0, 0.1) is 20.2 Å². The minimum Gasteiger partial charge on any atom is -0.466 e. The van der Waals surface area contributed by atoms with Gasteiger partial charge in [-0.1, -0.05) is 0 Å². The van der Waals surface area contributed by atoms with Gasteiger partial charge in [0.05, 0.1) is 42.0 Å². The molecular formula is C18H24N6O8. The Bertz CT molecular complexity index is 872. The van der Waals surface area contributed by atoms with Gasteiger partial charge in [0.1, 0.15) is 11.4 Å². The number of carbonyl (C=O) groups is 2. The predicted octanol–water partition coefficient (Wildman–Crippen LogP) is 2.99. The van der Waals surface area contributed by atoms with Crippen LogP contribution in [0.4, 0.5) is 22.7 Å². The molecule has 1 aromatic rings. The van der Waals surface area contributed by atoms with Gasteiger partial charge in [-0.25, -0.2) is 0 Å². The van der Waals surface area contributed by atoms with Crippen molar-refractivity contribution in [3.63, 3.8) is 0 Å². The van der Waals surface area contributed by atoms with Crippen molar-refractivity contribution in [1.82, 2.24) is 0 Å². The Morgan fingerprint density at radius 3 is 1.53 bits per heavy atom. The number of hydrazone groups is 2. The van der Waals surface area contributed by atoms with Crippen molar-refractivity contribution in [3.05, 3.63) is 32.4 Å². The average molecular weight is 452 g/mol. The lowest BCUT2D eigenvalue weighted by molar-refractivity contribution is -0.393. The zero-order valence-corrected chi connectivity index (χ0v) is 18.0. The molecule has 32 heavy (non-hydrogen) atoms. The van der Waals surface area contributed by atoms with Crippen molar-refractivity contribution >= 4 is 46.1 Å². The van der Waals surface area contributed by atoms with Crippen LogP contribution in [-0.2, 0) is 19.1 Å². The van der Waals surface area contributed by atoms with E-state index in [-0.39, 0.29) is 48.9 Å². The van der Waals surface area contributed by atoms with Gasteiger partial charge in [0, 0.05) is 17.5 Å². The Morgan fingerprint density at radius 2 is 1.22 bits per heavy atom. The van der Waals surface area contributed by atoms with E-state index < -0.39 is 33.2 Å². The largest absolute Gasteiger partial charge is 0.466 e. The third-order valence-electron chi connectivity index (χ3n) is 3.65. The van der Waals surface area contributed by atoms with Gasteiger partial charge in [-0.2, -0.15) is 10.2 Å².